The van der Waals surface area contributed by atoms with Crippen molar-refractivity contribution in [2.45, 2.75) is 83.6 Å². The number of rotatable bonds is 14. The van der Waals surface area contributed by atoms with Crippen molar-refractivity contribution >= 4 is 17.8 Å². The topological polar surface area (TPSA) is 112 Å². The molecule has 0 aliphatic carbocycles. The second-order valence-electron chi connectivity index (χ2n) is 5.69. The molecule has 0 aromatic carbocycles. The molecule has 0 spiro atoms. The average molecular weight is 336 g/mol. The molecule has 3 N–H and O–H groups in total. The zero-order valence-corrected chi connectivity index (χ0v) is 16.6. The maximum Gasteiger partial charge on any atom is 1.00 e. The molecule has 6 nitrogen and oxygen atoms in total. The third kappa shape index (κ3) is 16.1. The third-order valence-corrected chi connectivity index (χ3v) is 3.53. The third-order valence-electron chi connectivity index (χ3n) is 3.53. The molecule has 0 rings (SSSR count). The fourth-order valence-electron chi connectivity index (χ4n) is 2.26. The van der Waals surface area contributed by atoms with Crippen LogP contribution in [0.15, 0.2) is 0 Å². The van der Waals surface area contributed by atoms with E-state index in [0.717, 1.165) is 19.3 Å². The Morgan fingerprint density at radius 2 is 1.43 bits per heavy atom. The van der Waals surface area contributed by atoms with Gasteiger partial charge < -0.3 is 21.0 Å². The van der Waals surface area contributed by atoms with E-state index in [1.54, 1.807) is 0 Å². The predicted octanol–water partition coefficient (Wildman–Crippen LogP) is -1.98. The van der Waals surface area contributed by atoms with Gasteiger partial charge in [-0.1, -0.05) is 58.3 Å². The molecular weight excluding hydrogens is 307 g/mol. The van der Waals surface area contributed by atoms with E-state index in [-0.39, 0.29) is 41.9 Å². The van der Waals surface area contributed by atoms with Crippen LogP contribution in [0.1, 0.15) is 77.6 Å². The van der Waals surface area contributed by atoms with Gasteiger partial charge in [-0.15, -0.1) is 0 Å². The van der Waals surface area contributed by atoms with E-state index in [9.17, 15) is 19.5 Å². The van der Waals surface area contributed by atoms with Crippen LogP contribution in [-0.4, -0.2) is 23.8 Å². The second kappa shape index (κ2) is 16.3. The maximum absolute atomic E-state index is 11.6. The van der Waals surface area contributed by atoms with Gasteiger partial charge in [0.25, 0.3) is 0 Å². The van der Waals surface area contributed by atoms with Crippen LogP contribution >= 0.6 is 0 Å². The molecule has 7 heteroatoms. The van der Waals surface area contributed by atoms with E-state index in [1.807, 2.05) is 0 Å². The number of nitrogens with two attached hydrogens (primary N) is 1. The van der Waals surface area contributed by atoms with Crippen LogP contribution in [0, 0.1) is 0 Å². The first-order valence-electron chi connectivity index (χ1n) is 8.25. The van der Waals surface area contributed by atoms with Gasteiger partial charge in [-0.2, -0.15) is 0 Å². The molecule has 0 fully saturated rings. The van der Waals surface area contributed by atoms with Crippen molar-refractivity contribution in [3.05, 3.63) is 0 Å². The summed E-state index contributed by atoms with van der Waals surface area (Å²) in [6.45, 7) is 2.19. The number of primary amides is 1. The smallest absolute Gasteiger partial charge is 0.548 e. The number of nitrogens with one attached hydrogen (secondary N) is 1. The van der Waals surface area contributed by atoms with E-state index in [2.05, 4.69) is 12.2 Å². The van der Waals surface area contributed by atoms with Gasteiger partial charge in [0, 0.05) is 6.42 Å². The standard InChI is InChI=1S/C16H30N2O4.Na/c1-2-3-4-5-6-7-8-9-10-11-15(20)18-13(16(21)22)12-14(17)19;/h13H,2-12H2,1H3,(H2,17,19)(H,18,20)(H,21,22);/q;+1/p-1/t13-;/m0./s1. The molecule has 0 aromatic heterocycles. The van der Waals surface area contributed by atoms with Crippen LogP contribution in [0.3, 0.4) is 0 Å². The number of carboxylic acid groups (broad SMARTS) is 1. The zero-order valence-electron chi connectivity index (χ0n) is 14.6. The monoisotopic (exact) mass is 336 g/mol. The molecule has 2 amide bonds. The molecule has 0 saturated carbocycles. The van der Waals surface area contributed by atoms with Gasteiger partial charge in [0.1, 0.15) is 0 Å². The summed E-state index contributed by atoms with van der Waals surface area (Å²) in [6, 6.07) is -1.33. The maximum atomic E-state index is 11.6. The van der Waals surface area contributed by atoms with Crippen molar-refractivity contribution in [2.75, 3.05) is 0 Å². The number of amides is 2. The molecule has 0 unspecified atom stereocenters. The first kappa shape index (κ1) is 24.7. The molecule has 0 aliphatic rings. The SMILES string of the molecule is CCCCCCCCCCCC(=O)N[C@@H](CC(N)=O)C(=O)[O-].[Na+]. The summed E-state index contributed by atoms with van der Waals surface area (Å²) in [5.41, 5.74) is 4.92. The first-order chi connectivity index (χ1) is 10.5. The second-order valence-corrected chi connectivity index (χ2v) is 5.69. The Morgan fingerprint density at radius 3 is 1.87 bits per heavy atom. The Balaban J connectivity index is 0. The van der Waals surface area contributed by atoms with Gasteiger partial charge in [-0.25, -0.2) is 0 Å². The predicted molar refractivity (Wildman–Crippen MR) is 82.6 cm³/mol. The molecule has 0 radical (unpaired) electrons. The number of hydrogen-bond donors (Lipinski definition) is 2. The van der Waals surface area contributed by atoms with Crippen molar-refractivity contribution in [3.8, 4) is 0 Å². The summed E-state index contributed by atoms with van der Waals surface area (Å²) in [5, 5.41) is 13.0. The van der Waals surface area contributed by atoms with Crippen molar-refractivity contribution in [3.63, 3.8) is 0 Å². The Morgan fingerprint density at radius 1 is 0.957 bits per heavy atom. The van der Waals surface area contributed by atoms with Gasteiger partial charge >= 0.3 is 29.6 Å². The Bertz CT molecular complexity index is 351. The van der Waals surface area contributed by atoms with E-state index in [0.29, 0.717) is 0 Å². The van der Waals surface area contributed by atoms with Crippen molar-refractivity contribution < 1.29 is 49.0 Å². The van der Waals surface area contributed by atoms with E-state index < -0.39 is 24.3 Å². The van der Waals surface area contributed by atoms with Gasteiger partial charge in [0.15, 0.2) is 0 Å². The minimum atomic E-state index is -1.49. The fourth-order valence-corrected chi connectivity index (χ4v) is 2.26. The van der Waals surface area contributed by atoms with Gasteiger partial charge in [-0.05, 0) is 6.42 Å². The molecule has 0 saturated heterocycles. The van der Waals surface area contributed by atoms with Gasteiger partial charge in [0.05, 0.1) is 18.4 Å². The quantitative estimate of drug-likeness (QED) is 0.283. The minimum absolute atomic E-state index is 0. The molecule has 0 aliphatic heterocycles. The Labute approximate surface area is 161 Å². The summed E-state index contributed by atoms with van der Waals surface area (Å²) in [7, 11) is 0. The molecule has 128 valence electrons. The number of carbonyl (C=O) groups excluding carboxylic acids is 3. The summed E-state index contributed by atoms with van der Waals surface area (Å²) in [6.07, 6.45) is 10.1. The number of hydrogen-bond acceptors (Lipinski definition) is 4. The molecule has 0 bridgehead atoms. The zero-order chi connectivity index (χ0) is 16.8. The number of aliphatic carboxylic acids is 1. The van der Waals surface area contributed by atoms with Crippen LogP contribution < -0.4 is 45.7 Å². The first-order valence-corrected chi connectivity index (χ1v) is 8.25. The van der Waals surface area contributed by atoms with Crippen molar-refractivity contribution in [1.82, 2.24) is 5.32 Å². The van der Waals surface area contributed by atoms with Crippen LogP contribution in [0.4, 0.5) is 0 Å². The summed E-state index contributed by atoms with van der Waals surface area (Å²) in [5.74, 6) is -2.64. The van der Waals surface area contributed by atoms with Crippen LogP contribution in [0.5, 0.6) is 0 Å². The van der Waals surface area contributed by atoms with E-state index in [1.165, 1.54) is 38.5 Å². The average Bonchev–Trinajstić information content (AvgIpc) is 2.44. The van der Waals surface area contributed by atoms with Crippen LogP contribution in [0.25, 0.3) is 0 Å². The van der Waals surface area contributed by atoms with E-state index in [4.69, 9.17) is 5.73 Å². The van der Waals surface area contributed by atoms with Crippen molar-refractivity contribution in [2.24, 2.45) is 5.73 Å². The molecule has 1 atom stereocenters. The Hall–Kier alpha value is -0.590. The summed E-state index contributed by atoms with van der Waals surface area (Å²) in [4.78, 5) is 33.1. The molecular formula is C16H29N2NaO4. The molecule has 0 aromatic rings. The molecule has 0 heterocycles. The largest absolute Gasteiger partial charge is 1.00 e. The Kier molecular flexibility index (Phi) is 17.4. The fraction of sp³-hybridized carbons (Fsp3) is 0.812. The number of carboxylic acids is 1. The van der Waals surface area contributed by atoms with Gasteiger partial charge in [-0.3, -0.25) is 9.59 Å². The number of carbonyl (C=O) groups is 3. The van der Waals surface area contributed by atoms with E-state index >= 15 is 0 Å². The number of unbranched alkanes of at least 4 members (excludes halogenated alkanes) is 8. The van der Waals surface area contributed by atoms with Crippen LogP contribution in [-0.2, 0) is 14.4 Å². The summed E-state index contributed by atoms with van der Waals surface area (Å²) < 4.78 is 0. The summed E-state index contributed by atoms with van der Waals surface area (Å²) >= 11 is 0. The van der Waals surface area contributed by atoms with Gasteiger partial charge in [0.2, 0.25) is 11.8 Å². The molecule has 23 heavy (non-hydrogen) atoms. The van der Waals surface area contributed by atoms with Crippen LogP contribution in [0.2, 0.25) is 0 Å². The normalized spacial score (nSPS) is 11.3. The minimum Gasteiger partial charge on any atom is -0.548 e. The van der Waals surface area contributed by atoms with Crippen molar-refractivity contribution in [1.29, 1.82) is 0 Å².